The molecule has 33 heavy (non-hydrogen) atoms. The molecule has 0 spiro atoms. The number of benzene rings is 1. The number of aromatic nitrogens is 2. The lowest BCUT2D eigenvalue weighted by atomic mass is 10.1. The van der Waals surface area contributed by atoms with Crippen LogP contribution in [-0.4, -0.2) is 21.8 Å². The first-order valence-corrected chi connectivity index (χ1v) is 9.93. The van der Waals surface area contributed by atoms with Crippen LogP contribution in [0.4, 0.5) is 26.3 Å². The summed E-state index contributed by atoms with van der Waals surface area (Å²) in [5.41, 5.74) is -0.325. The van der Waals surface area contributed by atoms with Gasteiger partial charge in [0.05, 0.1) is 11.4 Å². The minimum Gasteiger partial charge on any atom is -0.447 e. The van der Waals surface area contributed by atoms with Crippen molar-refractivity contribution in [3.8, 4) is 5.69 Å². The van der Waals surface area contributed by atoms with Gasteiger partial charge in [0.25, 0.3) is 0 Å². The van der Waals surface area contributed by atoms with Gasteiger partial charge in [-0.15, -0.1) is 13.2 Å². The molecule has 0 saturated heterocycles. The maximum absolute atomic E-state index is 13.1. The Morgan fingerprint density at radius 2 is 1.88 bits per heavy atom. The van der Waals surface area contributed by atoms with Crippen LogP contribution in [0.1, 0.15) is 30.9 Å². The summed E-state index contributed by atoms with van der Waals surface area (Å²) in [6.07, 6.45) is -5.60. The molecule has 12 heteroatoms. The van der Waals surface area contributed by atoms with E-state index >= 15 is 0 Å². The highest BCUT2D eigenvalue weighted by Gasteiger charge is 2.34. The molecule has 0 aliphatic heterocycles. The van der Waals surface area contributed by atoms with Crippen molar-refractivity contribution in [3.63, 3.8) is 0 Å². The highest BCUT2D eigenvalue weighted by atomic mass is 79.9. The van der Waals surface area contributed by atoms with E-state index in [-0.39, 0.29) is 17.4 Å². The summed E-state index contributed by atoms with van der Waals surface area (Å²) >= 11 is 3.29. The molecular weight excluding hydrogens is 520 g/mol. The number of aryl methyl sites for hydroxylation is 1. The second-order valence-electron chi connectivity index (χ2n) is 6.47. The van der Waals surface area contributed by atoms with E-state index in [0.29, 0.717) is 15.7 Å². The number of allylic oxidation sites excluding steroid dienone is 2. The summed E-state index contributed by atoms with van der Waals surface area (Å²) in [7, 11) is 0. The normalized spacial score (nSPS) is 13.5. The van der Waals surface area contributed by atoms with Gasteiger partial charge >= 0.3 is 12.5 Å². The fourth-order valence-electron chi connectivity index (χ4n) is 2.62. The number of halogens is 7. The van der Waals surface area contributed by atoms with Crippen LogP contribution in [0.25, 0.3) is 11.4 Å². The Labute approximate surface area is 193 Å². The van der Waals surface area contributed by atoms with E-state index < -0.39 is 24.0 Å². The number of aliphatic imine (C=N–C) groups is 1. The predicted octanol–water partition coefficient (Wildman–Crippen LogP) is 7.32. The zero-order valence-corrected chi connectivity index (χ0v) is 19.1. The summed E-state index contributed by atoms with van der Waals surface area (Å²) in [5, 5.41) is 0. The molecule has 2 rings (SSSR count). The average molecular weight is 538 g/mol. The minimum atomic E-state index is -4.91. The molecule has 1 aromatic heterocycles. The SMILES string of the molecule is C=C(N=C(C)O/C=C(\C=C/C)OC(F)(F)F)c1cc(Br)ccc1-n1cc(C(F)(F)F)nc1C. The fourth-order valence-corrected chi connectivity index (χ4v) is 2.98. The van der Waals surface area contributed by atoms with Crippen LogP contribution in [0.2, 0.25) is 0 Å². The predicted molar refractivity (Wildman–Crippen MR) is 114 cm³/mol. The third-order valence-electron chi connectivity index (χ3n) is 3.90. The van der Waals surface area contributed by atoms with Crippen LogP contribution >= 0.6 is 15.9 Å². The van der Waals surface area contributed by atoms with Crippen LogP contribution in [0, 0.1) is 6.92 Å². The van der Waals surface area contributed by atoms with E-state index in [1.54, 1.807) is 18.2 Å². The highest BCUT2D eigenvalue weighted by molar-refractivity contribution is 9.10. The molecule has 1 aromatic carbocycles. The topological polar surface area (TPSA) is 48.6 Å². The lowest BCUT2D eigenvalue weighted by molar-refractivity contribution is -0.303. The van der Waals surface area contributed by atoms with Crippen molar-refractivity contribution in [2.24, 2.45) is 4.99 Å². The third kappa shape index (κ3) is 7.52. The summed E-state index contributed by atoms with van der Waals surface area (Å²) < 4.78 is 87.3. The van der Waals surface area contributed by atoms with Gasteiger partial charge in [-0.2, -0.15) is 13.2 Å². The third-order valence-corrected chi connectivity index (χ3v) is 4.40. The van der Waals surface area contributed by atoms with Gasteiger partial charge in [0.2, 0.25) is 0 Å². The standard InChI is InChI=1S/C21H18BrF6N3O2/c1-5-6-16(33-21(26,27)28)11-32-14(4)29-12(2)17-9-15(22)7-8-18(17)31-10-19(20(23,24)25)30-13(31)3/h5-11H,2H2,1,3-4H3/b6-5-,16-11+,29-14?. The van der Waals surface area contributed by atoms with Crippen molar-refractivity contribution in [2.45, 2.75) is 33.3 Å². The smallest absolute Gasteiger partial charge is 0.447 e. The molecule has 1 heterocycles. The number of ether oxygens (including phenoxy) is 2. The minimum absolute atomic E-state index is 0.0823. The Kier molecular flexibility index (Phi) is 8.17. The number of hydrogen-bond donors (Lipinski definition) is 0. The van der Waals surface area contributed by atoms with Gasteiger partial charge in [-0.05, 0) is 38.1 Å². The van der Waals surface area contributed by atoms with Crippen molar-refractivity contribution in [3.05, 3.63) is 76.7 Å². The molecule has 0 bridgehead atoms. The van der Waals surface area contributed by atoms with E-state index in [9.17, 15) is 26.3 Å². The maximum Gasteiger partial charge on any atom is 0.573 e. The van der Waals surface area contributed by atoms with Gasteiger partial charge in [-0.25, -0.2) is 9.98 Å². The molecule has 178 valence electrons. The van der Waals surface area contributed by atoms with Gasteiger partial charge in [-0.3, -0.25) is 0 Å². The molecule has 0 saturated carbocycles. The molecule has 0 aliphatic carbocycles. The Morgan fingerprint density at radius 3 is 2.42 bits per heavy atom. The molecular formula is C21H18BrF6N3O2. The van der Waals surface area contributed by atoms with Crippen molar-refractivity contribution >= 4 is 27.5 Å². The summed E-state index contributed by atoms with van der Waals surface area (Å²) in [5.74, 6) is -0.613. The Morgan fingerprint density at radius 1 is 1.21 bits per heavy atom. The first kappa shape index (κ1) is 26.2. The maximum atomic E-state index is 13.1. The Bertz CT molecular complexity index is 1110. The Balaban J connectivity index is 2.39. The van der Waals surface area contributed by atoms with Crippen LogP contribution < -0.4 is 0 Å². The summed E-state index contributed by atoms with van der Waals surface area (Å²) in [6, 6.07) is 4.74. The number of hydrogen-bond acceptors (Lipinski definition) is 4. The number of nitrogens with zero attached hydrogens (tertiary/aromatic N) is 3. The van der Waals surface area contributed by atoms with E-state index in [1.807, 2.05) is 0 Å². The molecule has 0 amide bonds. The number of rotatable bonds is 6. The van der Waals surface area contributed by atoms with Crippen molar-refractivity contribution in [1.82, 2.24) is 9.55 Å². The molecule has 0 fully saturated rings. The largest absolute Gasteiger partial charge is 0.573 e. The number of alkyl halides is 6. The molecule has 0 atom stereocenters. The lowest BCUT2D eigenvalue weighted by Gasteiger charge is -2.13. The highest BCUT2D eigenvalue weighted by Crippen LogP contribution is 2.32. The van der Waals surface area contributed by atoms with Crippen LogP contribution in [0.3, 0.4) is 0 Å². The number of imidazole rings is 1. The molecule has 0 radical (unpaired) electrons. The molecule has 2 aromatic rings. The molecule has 0 unspecified atom stereocenters. The summed E-state index contributed by atoms with van der Waals surface area (Å²) in [6.45, 7) is 8.08. The Hall–Kier alpha value is -3.02. The zero-order valence-electron chi connectivity index (χ0n) is 17.6. The monoisotopic (exact) mass is 537 g/mol. The van der Waals surface area contributed by atoms with Gasteiger partial charge in [0, 0.05) is 23.2 Å². The first-order chi connectivity index (χ1) is 15.2. The van der Waals surface area contributed by atoms with Crippen molar-refractivity contribution < 1.29 is 35.8 Å². The molecule has 0 N–H and O–H groups in total. The van der Waals surface area contributed by atoms with Crippen molar-refractivity contribution in [1.29, 1.82) is 0 Å². The quantitative estimate of drug-likeness (QED) is 0.127. The average Bonchev–Trinajstić information content (AvgIpc) is 3.07. The fraction of sp³-hybridized carbons (Fsp3) is 0.238. The zero-order chi connectivity index (χ0) is 25.0. The van der Waals surface area contributed by atoms with E-state index in [0.717, 1.165) is 18.5 Å². The molecule has 0 aliphatic rings. The van der Waals surface area contributed by atoms with Crippen molar-refractivity contribution in [2.75, 3.05) is 0 Å². The van der Waals surface area contributed by atoms with Crippen LogP contribution in [0.5, 0.6) is 0 Å². The second-order valence-corrected chi connectivity index (χ2v) is 7.38. The van der Waals surface area contributed by atoms with Crippen LogP contribution in [-0.2, 0) is 15.7 Å². The van der Waals surface area contributed by atoms with Gasteiger partial charge in [0.1, 0.15) is 12.1 Å². The van der Waals surface area contributed by atoms with E-state index in [2.05, 4.69) is 37.2 Å². The summed E-state index contributed by atoms with van der Waals surface area (Å²) in [4.78, 5) is 7.66. The second kappa shape index (κ2) is 10.3. The van der Waals surface area contributed by atoms with Gasteiger partial charge in [0.15, 0.2) is 17.4 Å². The molecule has 5 nitrogen and oxygen atoms in total. The van der Waals surface area contributed by atoms with Crippen LogP contribution in [0.15, 0.2) is 64.6 Å². The van der Waals surface area contributed by atoms with E-state index in [4.69, 9.17) is 4.74 Å². The van der Waals surface area contributed by atoms with Gasteiger partial charge < -0.3 is 14.0 Å². The van der Waals surface area contributed by atoms with E-state index in [1.165, 1.54) is 31.4 Å². The van der Waals surface area contributed by atoms with Gasteiger partial charge in [-0.1, -0.05) is 28.6 Å². The first-order valence-electron chi connectivity index (χ1n) is 9.14. The lowest BCUT2D eigenvalue weighted by Crippen LogP contribution is -2.12.